The van der Waals surface area contributed by atoms with Crippen molar-refractivity contribution in [2.45, 2.75) is 13.8 Å². The second-order valence-electron chi connectivity index (χ2n) is 3.98. The Bertz CT molecular complexity index is 551. The van der Waals surface area contributed by atoms with E-state index in [1.165, 1.54) is 0 Å². The number of nitrogens with one attached hydrogen (secondary N) is 1. The monoisotopic (exact) mass is 262 g/mol. The number of carbonyl (C=O) groups excluding carboxylic acids is 2. The third-order valence-corrected chi connectivity index (χ3v) is 2.49. The van der Waals surface area contributed by atoms with E-state index < -0.39 is 11.8 Å². The predicted octanol–water partition coefficient (Wildman–Crippen LogP) is 1.18. The zero-order valence-electron chi connectivity index (χ0n) is 10.7. The number of hydrogen-bond acceptors (Lipinski definition) is 6. The van der Waals surface area contributed by atoms with Crippen molar-refractivity contribution in [2.24, 2.45) is 0 Å². The molecule has 0 bridgehead atoms. The smallest absolute Gasteiger partial charge is 0.347 e. The van der Waals surface area contributed by atoms with Crippen molar-refractivity contribution in [3.05, 3.63) is 35.3 Å². The highest BCUT2D eigenvalue weighted by atomic mass is 16.5. The minimum atomic E-state index is -0.680. The fourth-order valence-corrected chi connectivity index (χ4v) is 1.64. The molecule has 2 rings (SSSR count). The van der Waals surface area contributed by atoms with Gasteiger partial charge in [0.25, 0.3) is 0 Å². The summed E-state index contributed by atoms with van der Waals surface area (Å²) < 4.78 is 10.00. The Hall–Kier alpha value is -2.37. The number of ketones is 1. The number of pyridine rings is 1. The molecule has 0 radical (unpaired) electrons. The Kier molecular flexibility index (Phi) is 3.79. The molecule has 19 heavy (non-hydrogen) atoms. The van der Waals surface area contributed by atoms with Gasteiger partial charge in [0.05, 0.1) is 6.61 Å². The predicted molar refractivity (Wildman–Crippen MR) is 67.2 cm³/mol. The van der Waals surface area contributed by atoms with Crippen molar-refractivity contribution < 1.29 is 19.1 Å². The van der Waals surface area contributed by atoms with Crippen LogP contribution in [0.25, 0.3) is 0 Å². The van der Waals surface area contributed by atoms with Crippen LogP contribution in [0.3, 0.4) is 0 Å². The van der Waals surface area contributed by atoms with E-state index in [1.54, 1.807) is 19.2 Å². The van der Waals surface area contributed by atoms with Crippen molar-refractivity contribution in [1.82, 2.24) is 4.98 Å². The number of rotatable bonds is 4. The minimum Gasteiger partial charge on any atom is -0.470 e. The molecule has 0 spiro atoms. The molecule has 0 atom stereocenters. The molecule has 1 aromatic heterocycles. The van der Waals surface area contributed by atoms with Crippen LogP contribution in [0.2, 0.25) is 0 Å². The molecule has 0 saturated heterocycles. The maximum absolute atomic E-state index is 11.7. The molecule has 1 aliphatic heterocycles. The Balaban J connectivity index is 2.25. The minimum absolute atomic E-state index is 0.0924. The van der Waals surface area contributed by atoms with Crippen LogP contribution in [0.4, 0.5) is 5.82 Å². The molecule has 1 N–H and O–H groups in total. The van der Waals surface area contributed by atoms with Gasteiger partial charge in [-0.1, -0.05) is 0 Å². The summed E-state index contributed by atoms with van der Waals surface area (Å²) in [6.45, 7) is 3.62. The lowest BCUT2D eigenvalue weighted by molar-refractivity contribution is -0.139. The molecular weight excluding hydrogens is 248 g/mol. The summed E-state index contributed by atoms with van der Waals surface area (Å²) >= 11 is 0. The molecule has 100 valence electrons. The van der Waals surface area contributed by atoms with Crippen molar-refractivity contribution in [2.75, 3.05) is 18.5 Å². The van der Waals surface area contributed by atoms with E-state index in [4.69, 9.17) is 9.47 Å². The number of esters is 1. The van der Waals surface area contributed by atoms with Gasteiger partial charge in [0.2, 0.25) is 11.7 Å². The average molecular weight is 262 g/mol. The summed E-state index contributed by atoms with van der Waals surface area (Å²) in [5.74, 6) is -0.471. The summed E-state index contributed by atoms with van der Waals surface area (Å²) in [6.07, 6.45) is 1.62. The highest BCUT2D eigenvalue weighted by molar-refractivity contribution is 6.19. The third kappa shape index (κ3) is 2.90. The molecule has 0 amide bonds. The first-order valence-corrected chi connectivity index (χ1v) is 5.89. The Morgan fingerprint density at radius 1 is 1.58 bits per heavy atom. The molecule has 0 fully saturated rings. The van der Waals surface area contributed by atoms with E-state index in [-0.39, 0.29) is 24.7 Å². The lowest BCUT2D eigenvalue weighted by atomic mass is 10.2. The molecule has 6 nitrogen and oxygen atoms in total. The van der Waals surface area contributed by atoms with E-state index in [0.29, 0.717) is 5.82 Å². The van der Waals surface area contributed by atoms with Crippen LogP contribution < -0.4 is 5.32 Å². The van der Waals surface area contributed by atoms with Gasteiger partial charge < -0.3 is 14.8 Å². The molecule has 1 aliphatic rings. The fourth-order valence-electron chi connectivity index (χ4n) is 1.64. The molecule has 0 saturated carbocycles. The molecule has 2 heterocycles. The number of nitrogens with zero attached hydrogens (tertiary/aromatic N) is 1. The number of Topliss-reactive ketones (excluding diaryl/α,β-unsaturated/α-hetero) is 1. The molecule has 1 aromatic rings. The van der Waals surface area contributed by atoms with Crippen LogP contribution >= 0.6 is 0 Å². The number of aryl methyl sites for hydroxylation is 1. The first kappa shape index (κ1) is 13.1. The first-order valence-electron chi connectivity index (χ1n) is 5.89. The molecule has 6 heteroatoms. The van der Waals surface area contributed by atoms with E-state index in [1.807, 2.05) is 13.0 Å². The second kappa shape index (κ2) is 5.51. The molecular formula is C13H14N2O4. The zero-order chi connectivity index (χ0) is 13.8. The normalized spacial score (nSPS) is 14.3. The topological polar surface area (TPSA) is 77.5 Å². The van der Waals surface area contributed by atoms with Gasteiger partial charge in [-0.3, -0.25) is 4.79 Å². The highest BCUT2D eigenvalue weighted by Gasteiger charge is 2.32. The summed E-state index contributed by atoms with van der Waals surface area (Å²) in [7, 11) is 0. The van der Waals surface area contributed by atoms with Gasteiger partial charge in [0, 0.05) is 6.20 Å². The lowest BCUT2D eigenvalue weighted by Crippen LogP contribution is -2.16. The van der Waals surface area contributed by atoms with Gasteiger partial charge in [-0.05, 0) is 31.5 Å². The van der Waals surface area contributed by atoms with E-state index in [9.17, 15) is 9.59 Å². The van der Waals surface area contributed by atoms with Crippen LogP contribution in [0.15, 0.2) is 29.8 Å². The number of aromatic nitrogens is 1. The maximum atomic E-state index is 11.7. The van der Waals surface area contributed by atoms with Crippen molar-refractivity contribution in [3.8, 4) is 0 Å². The Labute approximate surface area is 110 Å². The van der Waals surface area contributed by atoms with Crippen LogP contribution in [-0.2, 0) is 19.1 Å². The van der Waals surface area contributed by atoms with Crippen molar-refractivity contribution in [1.29, 1.82) is 0 Å². The number of ether oxygens (including phenoxy) is 2. The standard InChI is InChI=1S/C13H14N2O4/c1-3-18-13(17)11-9(16)7-19-12(11)15-10-6-8(2)4-5-14-10/h4-6H,3,7H2,1-2H3,(H,14,15). The number of carbonyl (C=O) groups is 2. The van der Waals surface area contributed by atoms with Gasteiger partial charge in [-0.2, -0.15) is 0 Å². The second-order valence-corrected chi connectivity index (χ2v) is 3.98. The zero-order valence-corrected chi connectivity index (χ0v) is 10.7. The largest absolute Gasteiger partial charge is 0.470 e. The van der Waals surface area contributed by atoms with Crippen molar-refractivity contribution >= 4 is 17.6 Å². The summed E-state index contributed by atoms with van der Waals surface area (Å²) in [4.78, 5) is 27.4. The Morgan fingerprint density at radius 3 is 3.05 bits per heavy atom. The van der Waals surface area contributed by atoms with Gasteiger partial charge >= 0.3 is 5.97 Å². The number of hydrogen-bond donors (Lipinski definition) is 1. The van der Waals surface area contributed by atoms with Crippen molar-refractivity contribution in [3.63, 3.8) is 0 Å². The van der Waals surface area contributed by atoms with Gasteiger partial charge in [-0.25, -0.2) is 9.78 Å². The summed E-state index contributed by atoms with van der Waals surface area (Å²) in [5.41, 5.74) is 0.908. The fraction of sp³-hybridized carbons (Fsp3) is 0.308. The lowest BCUT2D eigenvalue weighted by Gasteiger charge is -2.08. The highest BCUT2D eigenvalue weighted by Crippen LogP contribution is 2.19. The van der Waals surface area contributed by atoms with E-state index in [2.05, 4.69) is 10.3 Å². The SMILES string of the molecule is CCOC(=O)C1=C(Nc2cc(C)ccn2)OCC1=O. The van der Waals surface area contributed by atoms with Gasteiger partial charge in [0.1, 0.15) is 5.82 Å². The number of anilines is 1. The first-order chi connectivity index (χ1) is 9.11. The summed E-state index contributed by atoms with van der Waals surface area (Å²) in [6, 6.07) is 3.62. The Morgan fingerprint density at radius 2 is 2.37 bits per heavy atom. The quantitative estimate of drug-likeness (QED) is 0.648. The van der Waals surface area contributed by atoms with Crippen LogP contribution in [0, 0.1) is 6.92 Å². The summed E-state index contributed by atoms with van der Waals surface area (Å²) in [5, 5.41) is 2.83. The van der Waals surface area contributed by atoms with Crippen LogP contribution in [-0.4, -0.2) is 30.0 Å². The van der Waals surface area contributed by atoms with Crippen LogP contribution in [0.5, 0.6) is 0 Å². The molecule has 0 aliphatic carbocycles. The van der Waals surface area contributed by atoms with Crippen LogP contribution in [0.1, 0.15) is 12.5 Å². The average Bonchev–Trinajstić information content (AvgIpc) is 2.71. The van der Waals surface area contributed by atoms with Gasteiger partial charge in [-0.15, -0.1) is 0 Å². The third-order valence-electron chi connectivity index (χ3n) is 2.49. The molecule has 0 aromatic carbocycles. The van der Waals surface area contributed by atoms with Gasteiger partial charge in [0.15, 0.2) is 12.2 Å². The molecule has 0 unspecified atom stereocenters. The van der Waals surface area contributed by atoms with E-state index in [0.717, 1.165) is 5.56 Å². The van der Waals surface area contributed by atoms with E-state index >= 15 is 0 Å². The maximum Gasteiger partial charge on any atom is 0.347 e.